The van der Waals surface area contributed by atoms with Crippen LogP contribution in [0.15, 0.2) is 24.4 Å². The van der Waals surface area contributed by atoms with Crippen molar-refractivity contribution in [3.8, 4) is 0 Å². The molecule has 0 aliphatic heterocycles. The van der Waals surface area contributed by atoms with Crippen molar-refractivity contribution in [2.45, 2.75) is 45.3 Å². The number of aromatic nitrogens is 1. The smallest absolute Gasteiger partial charge is 0.408 e. The van der Waals surface area contributed by atoms with Gasteiger partial charge in [0.1, 0.15) is 5.60 Å². The zero-order valence-electron chi connectivity index (χ0n) is 12.1. The summed E-state index contributed by atoms with van der Waals surface area (Å²) in [5, 5.41) is 2.86. The van der Waals surface area contributed by atoms with Crippen LogP contribution in [-0.4, -0.2) is 23.2 Å². The first-order valence-electron chi connectivity index (χ1n) is 6.39. The molecule has 0 aliphatic carbocycles. The minimum atomic E-state index is -0.627. The summed E-state index contributed by atoms with van der Waals surface area (Å²) < 4.78 is 5.28. The van der Waals surface area contributed by atoms with Crippen molar-refractivity contribution in [1.82, 2.24) is 10.3 Å². The van der Waals surface area contributed by atoms with Crippen molar-refractivity contribution in [2.75, 3.05) is 6.54 Å². The van der Waals surface area contributed by atoms with Crippen molar-refractivity contribution < 1.29 is 9.53 Å². The fourth-order valence-corrected chi connectivity index (χ4v) is 1.76. The van der Waals surface area contributed by atoms with Gasteiger partial charge in [0.2, 0.25) is 0 Å². The lowest BCUT2D eigenvalue weighted by atomic mass is 9.93. The summed E-state index contributed by atoms with van der Waals surface area (Å²) >= 11 is 0. The van der Waals surface area contributed by atoms with Crippen LogP contribution in [0.1, 0.15) is 39.8 Å². The molecule has 1 amide bonds. The summed E-state index contributed by atoms with van der Waals surface area (Å²) in [5.74, 6) is 0. The predicted molar refractivity (Wildman–Crippen MR) is 74.6 cm³/mol. The van der Waals surface area contributed by atoms with E-state index in [1.54, 1.807) is 6.20 Å². The highest BCUT2D eigenvalue weighted by Gasteiger charge is 2.31. The van der Waals surface area contributed by atoms with Crippen LogP contribution in [0.4, 0.5) is 4.79 Å². The molecule has 1 heterocycles. The molecule has 1 aromatic rings. The molecule has 0 aliphatic rings. The van der Waals surface area contributed by atoms with Crippen molar-refractivity contribution in [2.24, 2.45) is 5.73 Å². The molecule has 5 heteroatoms. The summed E-state index contributed by atoms with van der Waals surface area (Å²) in [6.45, 7) is 7.82. The minimum Gasteiger partial charge on any atom is -0.444 e. The topological polar surface area (TPSA) is 77.2 Å². The van der Waals surface area contributed by atoms with Gasteiger partial charge in [0, 0.05) is 6.20 Å². The third-order valence-electron chi connectivity index (χ3n) is 2.65. The van der Waals surface area contributed by atoms with Crippen molar-refractivity contribution >= 4 is 6.09 Å². The maximum Gasteiger partial charge on any atom is 0.408 e. The van der Waals surface area contributed by atoms with Gasteiger partial charge in [-0.05, 0) is 52.8 Å². The van der Waals surface area contributed by atoms with Crippen LogP contribution in [0, 0.1) is 0 Å². The molecule has 1 rings (SSSR count). The summed E-state index contributed by atoms with van der Waals surface area (Å²) in [7, 11) is 0. The number of amides is 1. The number of ether oxygens (including phenoxy) is 1. The zero-order valence-corrected chi connectivity index (χ0v) is 12.1. The van der Waals surface area contributed by atoms with Gasteiger partial charge in [0.25, 0.3) is 0 Å². The normalized spacial score (nSPS) is 14.6. The molecule has 0 saturated carbocycles. The second-order valence-corrected chi connectivity index (χ2v) is 5.71. The summed E-state index contributed by atoms with van der Waals surface area (Å²) in [4.78, 5) is 16.2. The molecule has 1 aromatic heterocycles. The summed E-state index contributed by atoms with van der Waals surface area (Å²) in [6, 6.07) is 5.58. The van der Waals surface area contributed by atoms with Gasteiger partial charge >= 0.3 is 6.09 Å². The average Bonchev–Trinajstić information content (AvgIpc) is 2.27. The van der Waals surface area contributed by atoms with E-state index in [4.69, 9.17) is 10.5 Å². The second-order valence-electron chi connectivity index (χ2n) is 5.71. The highest BCUT2D eigenvalue weighted by molar-refractivity contribution is 5.69. The molecule has 19 heavy (non-hydrogen) atoms. The van der Waals surface area contributed by atoms with Crippen molar-refractivity contribution in [3.63, 3.8) is 0 Å². The molecule has 1 unspecified atom stereocenters. The van der Waals surface area contributed by atoms with Crippen LogP contribution in [0.5, 0.6) is 0 Å². The summed E-state index contributed by atoms with van der Waals surface area (Å²) in [5.41, 5.74) is 5.25. The number of rotatable bonds is 4. The van der Waals surface area contributed by atoms with E-state index in [1.165, 1.54) is 0 Å². The number of carbonyl (C=O) groups excluding carboxylic acids is 1. The SMILES string of the molecule is CC(C)(C)OC(=O)NC(C)(CCN)c1ccccn1. The monoisotopic (exact) mass is 265 g/mol. The van der Waals surface area contributed by atoms with Crippen LogP contribution < -0.4 is 11.1 Å². The zero-order chi connectivity index (χ0) is 14.5. The molecule has 0 radical (unpaired) electrons. The lowest BCUT2D eigenvalue weighted by Crippen LogP contribution is -2.47. The molecule has 0 spiro atoms. The Morgan fingerprint density at radius 2 is 2.05 bits per heavy atom. The lowest BCUT2D eigenvalue weighted by molar-refractivity contribution is 0.0454. The van der Waals surface area contributed by atoms with Crippen molar-refractivity contribution in [1.29, 1.82) is 0 Å². The van der Waals surface area contributed by atoms with Gasteiger partial charge in [0.15, 0.2) is 0 Å². The molecule has 0 fully saturated rings. The molecule has 3 N–H and O–H groups in total. The van der Waals surface area contributed by atoms with Crippen molar-refractivity contribution in [3.05, 3.63) is 30.1 Å². The van der Waals surface area contributed by atoms with Crippen LogP contribution in [0.3, 0.4) is 0 Å². The van der Waals surface area contributed by atoms with E-state index in [0.29, 0.717) is 13.0 Å². The van der Waals surface area contributed by atoms with E-state index in [2.05, 4.69) is 10.3 Å². The van der Waals surface area contributed by atoms with Gasteiger partial charge in [0.05, 0.1) is 11.2 Å². The molecule has 0 aromatic carbocycles. The molecular weight excluding hydrogens is 242 g/mol. The third-order valence-corrected chi connectivity index (χ3v) is 2.65. The number of nitrogens with zero attached hydrogens (tertiary/aromatic N) is 1. The van der Waals surface area contributed by atoms with Crippen LogP contribution in [-0.2, 0) is 10.3 Å². The highest BCUT2D eigenvalue weighted by Crippen LogP contribution is 2.22. The van der Waals surface area contributed by atoms with E-state index < -0.39 is 17.2 Å². The number of nitrogens with two attached hydrogens (primary N) is 1. The van der Waals surface area contributed by atoms with Gasteiger partial charge < -0.3 is 15.8 Å². The Hall–Kier alpha value is -1.62. The number of carbonyl (C=O) groups is 1. The standard InChI is InChI=1S/C14H23N3O2/c1-13(2,3)19-12(18)17-14(4,8-9-15)11-7-5-6-10-16-11/h5-7,10H,8-9,15H2,1-4H3,(H,17,18). The van der Waals surface area contributed by atoms with E-state index in [1.807, 2.05) is 45.9 Å². The van der Waals surface area contributed by atoms with E-state index >= 15 is 0 Å². The Kier molecular flexibility index (Phi) is 4.89. The molecule has 0 bridgehead atoms. The number of pyridine rings is 1. The maximum absolute atomic E-state index is 11.9. The van der Waals surface area contributed by atoms with Gasteiger partial charge in [-0.3, -0.25) is 4.98 Å². The molecule has 1 atom stereocenters. The Balaban J connectivity index is 2.86. The van der Waals surface area contributed by atoms with Gasteiger partial charge in [-0.25, -0.2) is 4.79 Å². The van der Waals surface area contributed by atoms with Crippen LogP contribution in [0.25, 0.3) is 0 Å². The number of hydrogen-bond donors (Lipinski definition) is 2. The average molecular weight is 265 g/mol. The van der Waals surface area contributed by atoms with Crippen LogP contribution >= 0.6 is 0 Å². The Morgan fingerprint density at radius 3 is 2.53 bits per heavy atom. The molecular formula is C14H23N3O2. The fraction of sp³-hybridized carbons (Fsp3) is 0.571. The van der Waals surface area contributed by atoms with E-state index in [9.17, 15) is 4.79 Å². The minimum absolute atomic E-state index is 0.447. The first-order chi connectivity index (χ1) is 8.77. The van der Waals surface area contributed by atoms with E-state index in [0.717, 1.165) is 5.69 Å². The summed E-state index contributed by atoms with van der Waals surface area (Å²) in [6.07, 6.45) is 1.82. The fourth-order valence-electron chi connectivity index (χ4n) is 1.76. The quantitative estimate of drug-likeness (QED) is 0.874. The number of hydrogen-bond acceptors (Lipinski definition) is 4. The Bertz CT molecular complexity index is 414. The van der Waals surface area contributed by atoms with Crippen LogP contribution in [0.2, 0.25) is 0 Å². The highest BCUT2D eigenvalue weighted by atomic mass is 16.6. The Labute approximate surface area is 114 Å². The van der Waals surface area contributed by atoms with E-state index in [-0.39, 0.29) is 0 Å². The van der Waals surface area contributed by atoms with Gasteiger partial charge in [-0.1, -0.05) is 6.07 Å². The lowest BCUT2D eigenvalue weighted by Gasteiger charge is -2.31. The first kappa shape index (κ1) is 15.4. The van der Waals surface area contributed by atoms with Gasteiger partial charge in [-0.15, -0.1) is 0 Å². The molecule has 5 nitrogen and oxygen atoms in total. The number of nitrogens with one attached hydrogen (secondary N) is 1. The third kappa shape index (κ3) is 4.87. The predicted octanol–water partition coefficient (Wildman–Crippen LogP) is 2.17. The first-order valence-corrected chi connectivity index (χ1v) is 6.39. The largest absolute Gasteiger partial charge is 0.444 e. The molecule has 106 valence electrons. The molecule has 0 saturated heterocycles. The number of alkyl carbamates (subject to hydrolysis) is 1. The van der Waals surface area contributed by atoms with Gasteiger partial charge in [-0.2, -0.15) is 0 Å². The maximum atomic E-state index is 11.9. The Morgan fingerprint density at radius 1 is 1.37 bits per heavy atom. The second kappa shape index (κ2) is 6.02.